The monoisotopic (exact) mass is 563 g/mol. The van der Waals surface area contributed by atoms with Crippen molar-refractivity contribution in [3.05, 3.63) is 89.1 Å². The highest BCUT2D eigenvalue weighted by Gasteiger charge is 2.38. The molecule has 214 valence electrons. The van der Waals surface area contributed by atoms with E-state index in [4.69, 9.17) is 9.15 Å². The number of furan rings is 1. The highest BCUT2D eigenvalue weighted by atomic mass is 19.4. The average molecular weight is 564 g/mol. The van der Waals surface area contributed by atoms with Crippen LogP contribution in [0.2, 0.25) is 0 Å². The number of piperazine rings is 1. The largest absolute Gasteiger partial charge is 0.486 e. The summed E-state index contributed by atoms with van der Waals surface area (Å²) in [6.07, 6.45) is -6.05. The number of ether oxygens (including phenoxy) is 1. The summed E-state index contributed by atoms with van der Waals surface area (Å²) in [4.78, 5) is 26.8. The van der Waals surface area contributed by atoms with Crippen LogP contribution in [0.25, 0.3) is 0 Å². The number of amides is 2. The summed E-state index contributed by atoms with van der Waals surface area (Å²) in [6.45, 7) is 2.10. The zero-order chi connectivity index (χ0) is 28.9. The van der Waals surface area contributed by atoms with Gasteiger partial charge in [0, 0.05) is 32.6 Å². The molecule has 1 aliphatic heterocycles. The number of benzene rings is 2. The molecule has 2 aromatic carbocycles. The highest BCUT2D eigenvalue weighted by Crippen LogP contribution is 2.31. The first-order valence-electron chi connectivity index (χ1n) is 12.6. The fourth-order valence-corrected chi connectivity index (χ4v) is 4.57. The Morgan fingerprint density at radius 2 is 1.93 bits per heavy atom. The van der Waals surface area contributed by atoms with Gasteiger partial charge in [-0.05, 0) is 41.8 Å². The van der Waals surface area contributed by atoms with Crippen LogP contribution in [0.3, 0.4) is 0 Å². The number of hydrogen-bond acceptors (Lipinski definition) is 6. The van der Waals surface area contributed by atoms with Crippen LogP contribution in [-0.2, 0) is 35.3 Å². The van der Waals surface area contributed by atoms with Crippen LogP contribution in [-0.4, -0.2) is 53.1 Å². The van der Waals surface area contributed by atoms with E-state index in [0.29, 0.717) is 25.2 Å². The number of nitrogens with zero attached hydrogens (tertiary/aromatic N) is 1. The summed E-state index contributed by atoms with van der Waals surface area (Å²) >= 11 is 0. The first-order valence-corrected chi connectivity index (χ1v) is 12.6. The minimum Gasteiger partial charge on any atom is -0.486 e. The van der Waals surface area contributed by atoms with E-state index >= 15 is 0 Å². The summed E-state index contributed by atoms with van der Waals surface area (Å²) in [5.41, 5.74) is 1.26. The second kappa shape index (κ2) is 12.5. The van der Waals surface area contributed by atoms with Gasteiger partial charge in [-0.15, -0.1) is 0 Å². The molecule has 40 heavy (non-hydrogen) atoms. The second-order valence-corrected chi connectivity index (χ2v) is 9.53. The van der Waals surface area contributed by atoms with E-state index in [1.165, 1.54) is 19.1 Å². The molecule has 1 aromatic heterocycles. The van der Waals surface area contributed by atoms with Gasteiger partial charge in [0.05, 0.1) is 12.1 Å². The maximum Gasteiger partial charge on any atom is 0.449 e. The molecule has 0 unspecified atom stereocenters. The second-order valence-electron chi connectivity index (χ2n) is 9.53. The maximum atomic E-state index is 14.4. The summed E-state index contributed by atoms with van der Waals surface area (Å²) in [5.74, 6) is -2.76. The quantitative estimate of drug-likeness (QED) is 0.327. The van der Waals surface area contributed by atoms with Crippen molar-refractivity contribution in [3.63, 3.8) is 0 Å². The van der Waals surface area contributed by atoms with Gasteiger partial charge in [0.2, 0.25) is 17.6 Å². The van der Waals surface area contributed by atoms with Crippen LogP contribution in [0.15, 0.2) is 65.1 Å². The average Bonchev–Trinajstić information content (AvgIpc) is 3.38. The topological polar surface area (TPSA) is 104 Å². The molecule has 0 bridgehead atoms. The molecular weight excluding hydrogens is 534 g/mol. The van der Waals surface area contributed by atoms with E-state index in [0.717, 1.165) is 23.8 Å². The first-order chi connectivity index (χ1) is 19.0. The molecule has 1 saturated heterocycles. The minimum atomic E-state index is -4.64. The molecule has 8 nitrogen and oxygen atoms in total. The zero-order valence-electron chi connectivity index (χ0n) is 21.6. The first kappa shape index (κ1) is 29.1. The predicted molar refractivity (Wildman–Crippen MR) is 135 cm³/mol. The Morgan fingerprint density at radius 1 is 1.18 bits per heavy atom. The third-order valence-electron chi connectivity index (χ3n) is 6.39. The van der Waals surface area contributed by atoms with Crippen molar-refractivity contribution >= 4 is 11.8 Å². The third-order valence-corrected chi connectivity index (χ3v) is 6.39. The molecule has 2 heterocycles. The molecular formula is C28H29F4N3O5. The van der Waals surface area contributed by atoms with Crippen LogP contribution in [0, 0.1) is 5.82 Å². The Kier molecular flexibility index (Phi) is 9.10. The number of carbonyl (C=O) groups is 2. The molecule has 1 aliphatic rings. The van der Waals surface area contributed by atoms with Gasteiger partial charge in [-0.25, -0.2) is 4.39 Å². The molecule has 0 radical (unpaired) electrons. The molecule has 0 spiro atoms. The number of aliphatic hydroxyl groups is 1. The summed E-state index contributed by atoms with van der Waals surface area (Å²) in [5, 5.41) is 16.9. The van der Waals surface area contributed by atoms with E-state index in [1.54, 1.807) is 4.90 Å². The van der Waals surface area contributed by atoms with Gasteiger partial charge in [-0.1, -0.05) is 30.3 Å². The van der Waals surface area contributed by atoms with Crippen molar-refractivity contribution in [2.75, 3.05) is 13.1 Å². The minimum absolute atomic E-state index is 0.0110. The summed E-state index contributed by atoms with van der Waals surface area (Å²) < 4.78 is 62.9. The van der Waals surface area contributed by atoms with E-state index in [-0.39, 0.29) is 30.4 Å². The van der Waals surface area contributed by atoms with Gasteiger partial charge in [-0.2, -0.15) is 13.2 Å². The van der Waals surface area contributed by atoms with E-state index in [9.17, 15) is 32.3 Å². The molecule has 0 aliphatic carbocycles. The molecule has 3 atom stereocenters. The Balaban J connectivity index is 1.46. The normalized spacial score (nSPS) is 17.4. The van der Waals surface area contributed by atoms with Gasteiger partial charge in [0.25, 0.3) is 0 Å². The molecule has 0 saturated carbocycles. The smallest absolute Gasteiger partial charge is 0.449 e. The Labute approximate surface area is 227 Å². The molecule has 2 amide bonds. The van der Waals surface area contributed by atoms with Crippen molar-refractivity contribution in [2.24, 2.45) is 0 Å². The van der Waals surface area contributed by atoms with Crippen molar-refractivity contribution in [3.8, 4) is 5.75 Å². The van der Waals surface area contributed by atoms with Crippen molar-refractivity contribution in [2.45, 2.75) is 50.9 Å². The lowest BCUT2D eigenvalue weighted by molar-refractivity contribution is -0.153. The molecule has 1 fully saturated rings. The maximum absolute atomic E-state index is 14.4. The lowest BCUT2D eigenvalue weighted by Gasteiger charge is -2.38. The van der Waals surface area contributed by atoms with Crippen LogP contribution in [0.1, 0.15) is 29.6 Å². The fourth-order valence-electron chi connectivity index (χ4n) is 4.57. The van der Waals surface area contributed by atoms with Gasteiger partial charge < -0.3 is 29.8 Å². The van der Waals surface area contributed by atoms with Crippen molar-refractivity contribution < 1.29 is 41.4 Å². The summed E-state index contributed by atoms with van der Waals surface area (Å²) in [7, 11) is 0. The predicted octanol–water partition coefficient (Wildman–Crippen LogP) is 3.43. The van der Waals surface area contributed by atoms with E-state index in [2.05, 4.69) is 10.6 Å². The van der Waals surface area contributed by atoms with Crippen molar-refractivity contribution in [1.29, 1.82) is 0 Å². The fraction of sp³-hybridized carbons (Fsp3) is 0.357. The van der Waals surface area contributed by atoms with Crippen LogP contribution >= 0.6 is 0 Å². The standard InChI is InChI=1S/C28H29F4N3O5/c1-17(36)34-23(26(37)25-27(38)35(10-9-33-25)15-18-5-3-2-4-6-18)13-19-11-20(29)14-22(12-19)39-16-21-7-8-24(40-21)28(30,31)32/h2-8,11-12,14,23,25-26,33,37H,9-10,13,15-16H2,1H3,(H,34,36)/t23-,25-,26-/m0/s1. The Hall–Kier alpha value is -3.90. The number of rotatable bonds is 10. The molecule has 3 N–H and O–H groups in total. The number of nitrogens with one attached hydrogen (secondary N) is 2. The van der Waals surface area contributed by atoms with Gasteiger partial charge >= 0.3 is 6.18 Å². The summed E-state index contributed by atoms with van der Waals surface area (Å²) in [6, 6.07) is 13.0. The SMILES string of the molecule is CC(=O)N[C@@H](Cc1cc(F)cc(OCc2ccc(C(F)(F)F)o2)c1)[C@H](O)[C@@H]1NCCN(Cc2ccccc2)C1=O. The van der Waals surface area contributed by atoms with E-state index < -0.39 is 41.8 Å². The molecule has 4 rings (SSSR count). The van der Waals surface area contributed by atoms with Gasteiger partial charge in [0.15, 0.2) is 0 Å². The zero-order valence-corrected chi connectivity index (χ0v) is 21.6. The highest BCUT2D eigenvalue weighted by molar-refractivity contribution is 5.83. The van der Waals surface area contributed by atoms with Crippen LogP contribution in [0.4, 0.5) is 17.6 Å². The van der Waals surface area contributed by atoms with E-state index in [1.807, 2.05) is 30.3 Å². The van der Waals surface area contributed by atoms with Gasteiger partial charge in [-0.3, -0.25) is 9.59 Å². The number of alkyl halides is 3. The van der Waals surface area contributed by atoms with Crippen LogP contribution < -0.4 is 15.4 Å². The lowest BCUT2D eigenvalue weighted by atomic mass is 9.94. The Bertz CT molecular complexity index is 1310. The number of halogens is 4. The molecule has 12 heteroatoms. The van der Waals surface area contributed by atoms with Gasteiger partial charge in [0.1, 0.15) is 30.0 Å². The number of carbonyl (C=O) groups excluding carboxylic acids is 2. The third kappa shape index (κ3) is 7.60. The lowest BCUT2D eigenvalue weighted by Crippen LogP contribution is -2.63. The molecule has 3 aromatic rings. The Morgan fingerprint density at radius 3 is 2.60 bits per heavy atom. The van der Waals surface area contributed by atoms with Crippen LogP contribution in [0.5, 0.6) is 5.75 Å². The number of hydrogen-bond donors (Lipinski definition) is 3. The number of aliphatic hydroxyl groups excluding tert-OH is 1. The van der Waals surface area contributed by atoms with Crippen molar-refractivity contribution in [1.82, 2.24) is 15.5 Å².